The summed E-state index contributed by atoms with van der Waals surface area (Å²) in [7, 11) is 0. The molecule has 8 heteroatoms. The van der Waals surface area contributed by atoms with E-state index in [2.05, 4.69) is 0 Å². The molecule has 1 aromatic carbocycles. The van der Waals surface area contributed by atoms with Gasteiger partial charge in [-0.3, -0.25) is 4.79 Å². The molecule has 124 valence electrons. The number of carbonyl (C=O) groups is 2. The van der Waals surface area contributed by atoms with Crippen molar-refractivity contribution in [3.8, 4) is 0 Å². The monoisotopic (exact) mass is 379 g/mol. The molecule has 1 N–H and O–H groups in total. The predicted octanol–water partition coefficient (Wildman–Crippen LogP) is -2.15. The van der Waals surface area contributed by atoms with Crippen LogP contribution in [0.2, 0.25) is 5.02 Å². The number of carboxylic acids is 1. The van der Waals surface area contributed by atoms with Crippen molar-refractivity contribution < 1.29 is 75.6 Å². The third kappa shape index (κ3) is 5.36. The molecule has 0 fully saturated rings. The molecule has 1 aliphatic heterocycles. The first-order chi connectivity index (χ1) is 10.9. The van der Waals surface area contributed by atoms with E-state index in [-0.39, 0.29) is 63.0 Å². The Labute approximate surface area is 186 Å². The molecule has 1 unspecified atom stereocenters. The Balaban J connectivity index is 0.00000288. The molecule has 1 heterocycles. The minimum atomic E-state index is -1.38. The number of amides is 1. The Morgan fingerprint density at radius 3 is 2.67 bits per heavy atom. The molecule has 5 nitrogen and oxygen atoms in total. The van der Waals surface area contributed by atoms with Gasteiger partial charge in [0.05, 0.1) is 17.5 Å². The predicted molar refractivity (Wildman–Crippen MR) is 80.8 cm³/mol. The van der Waals surface area contributed by atoms with Crippen LogP contribution in [-0.4, -0.2) is 41.6 Å². The smallest absolute Gasteiger partial charge is 0.550 e. The number of rotatable bonds is 5. The zero-order valence-electron chi connectivity index (χ0n) is 13.3. The van der Waals surface area contributed by atoms with Gasteiger partial charge in [-0.05, 0) is 18.1 Å². The normalized spacial score (nSPS) is 15.3. The molecule has 1 aromatic rings. The average molecular weight is 380 g/mol. The minimum absolute atomic E-state index is 0. The quantitative estimate of drug-likeness (QED) is 0.591. The Hall–Kier alpha value is -0.284. The van der Waals surface area contributed by atoms with E-state index in [4.69, 9.17) is 16.7 Å². The molecule has 0 aliphatic carbocycles. The summed E-state index contributed by atoms with van der Waals surface area (Å²) in [5.41, 5.74) is 1.15. The third-order valence-corrected chi connectivity index (χ3v) is 4.09. The Morgan fingerprint density at radius 1 is 1.42 bits per heavy atom. The molecule has 0 saturated heterocycles. The van der Waals surface area contributed by atoms with Crippen LogP contribution in [0.25, 0.3) is 5.57 Å². The van der Waals surface area contributed by atoms with E-state index in [0.29, 0.717) is 18.5 Å². The van der Waals surface area contributed by atoms with Gasteiger partial charge < -0.3 is 19.9 Å². The summed E-state index contributed by atoms with van der Waals surface area (Å²) < 4.78 is 14.0. The van der Waals surface area contributed by atoms with Crippen LogP contribution < -0.4 is 56.5 Å². The number of aliphatic hydroxyl groups is 1. The molecular formula is C16H16ClFKNO4. The summed E-state index contributed by atoms with van der Waals surface area (Å²) in [6, 6.07) is 4.74. The number of hydrogen-bond acceptors (Lipinski definition) is 4. The first-order valence-corrected chi connectivity index (χ1v) is 7.54. The summed E-state index contributed by atoms with van der Waals surface area (Å²) in [6.07, 6.45) is 1.61. The zero-order valence-corrected chi connectivity index (χ0v) is 17.2. The fraction of sp³-hybridized carbons (Fsp3) is 0.375. The molecule has 1 aliphatic rings. The molecule has 0 spiro atoms. The number of nitrogens with zero attached hydrogens (tertiary/aromatic N) is 1. The van der Waals surface area contributed by atoms with Crippen molar-refractivity contribution in [1.29, 1.82) is 0 Å². The average Bonchev–Trinajstić information content (AvgIpc) is 2.54. The van der Waals surface area contributed by atoms with Crippen LogP contribution >= 0.6 is 11.6 Å². The Morgan fingerprint density at radius 2 is 2.12 bits per heavy atom. The van der Waals surface area contributed by atoms with Gasteiger partial charge in [-0.1, -0.05) is 29.8 Å². The maximum atomic E-state index is 14.0. The number of halogens is 2. The summed E-state index contributed by atoms with van der Waals surface area (Å²) in [6.45, 7) is -0.00730. The van der Waals surface area contributed by atoms with Crippen molar-refractivity contribution in [3.05, 3.63) is 40.7 Å². The summed E-state index contributed by atoms with van der Waals surface area (Å²) >= 11 is 5.76. The van der Waals surface area contributed by atoms with Gasteiger partial charge in [0.15, 0.2) is 0 Å². The molecule has 0 saturated carbocycles. The number of carbonyl (C=O) groups excluding carboxylic acids is 2. The van der Waals surface area contributed by atoms with Crippen LogP contribution in [0.15, 0.2) is 24.3 Å². The Kier molecular flexibility index (Phi) is 9.07. The topological polar surface area (TPSA) is 80.7 Å². The van der Waals surface area contributed by atoms with Crippen molar-refractivity contribution in [2.45, 2.75) is 12.8 Å². The van der Waals surface area contributed by atoms with Crippen molar-refractivity contribution in [2.24, 2.45) is 5.92 Å². The number of aliphatic hydroxyl groups excluding tert-OH is 1. The summed E-state index contributed by atoms with van der Waals surface area (Å²) in [5.74, 6) is -3.34. The van der Waals surface area contributed by atoms with Crippen molar-refractivity contribution in [3.63, 3.8) is 0 Å². The van der Waals surface area contributed by atoms with E-state index in [1.54, 1.807) is 18.2 Å². The standard InChI is InChI=1S/C16H17ClFNO4.K/c17-13-3-1-2-12(15(13)18)10-4-6-19(7-5-10)16(23)11(9-20)8-14(21)22;/h1-4,11,20H,5-9H2,(H,21,22);/q;+1/p-1. The first-order valence-electron chi connectivity index (χ1n) is 7.17. The largest absolute Gasteiger partial charge is 1.00 e. The third-order valence-electron chi connectivity index (χ3n) is 3.80. The maximum absolute atomic E-state index is 14.0. The van der Waals surface area contributed by atoms with Crippen LogP contribution in [0.4, 0.5) is 4.39 Å². The van der Waals surface area contributed by atoms with Crippen LogP contribution in [0.3, 0.4) is 0 Å². The van der Waals surface area contributed by atoms with Gasteiger partial charge in [-0.15, -0.1) is 0 Å². The molecule has 24 heavy (non-hydrogen) atoms. The number of carboxylic acid groups (broad SMARTS) is 1. The van der Waals surface area contributed by atoms with E-state index in [9.17, 15) is 19.1 Å². The molecule has 1 amide bonds. The second kappa shape index (κ2) is 10.0. The van der Waals surface area contributed by atoms with E-state index in [0.717, 1.165) is 5.57 Å². The van der Waals surface area contributed by atoms with Gasteiger partial charge in [0, 0.05) is 31.0 Å². The van der Waals surface area contributed by atoms with Crippen LogP contribution in [0, 0.1) is 11.7 Å². The zero-order chi connectivity index (χ0) is 17.0. The maximum Gasteiger partial charge on any atom is 1.00 e. The van der Waals surface area contributed by atoms with E-state index < -0.39 is 36.6 Å². The molecule has 0 aromatic heterocycles. The van der Waals surface area contributed by atoms with Gasteiger partial charge in [0.25, 0.3) is 0 Å². The number of benzene rings is 1. The Bertz CT molecular complexity index is 653. The van der Waals surface area contributed by atoms with Gasteiger partial charge >= 0.3 is 51.4 Å². The van der Waals surface area contributed by atoms with Gasteiger partial charge in [0.2, 0.25) is 5.91 Å². The van der Waals surface area contributed by atoms with Crippen LogP contribution in [0.1, 0.15) is 18.4 Å². The van der Waals surface area contributed by atoms with Gasteiger partial charge in [-0.25, -0.2) is 4.39 Å². The summed E-state index contributed by atoms with van der Waals surface area (Å²) in [4.78, 5) is 24.2. The molecule has 2 rings (SSSR count). The SMILES string of the molecule is O=C([O-])CC(CO)C(=O)N1CC=C(c2cccc(Cl)c2F)CC1.[K+]. The van der Waals surface area contributed by atoms with Crippen molar-refractivity contribution in [1.82, 2.24) is 4.90 Å². The number of hydrogen-bond donors (Lipinski definition) is 1. The van der Waals surface area contributed by atoms with Gasteiger partial charge in [0.1, 0.15) is 5.82 Å². The van der Waals surface area contributed by atoms with E-state index >= 15 is 0 Å². The van der Waals surface area contributed by atoms with Crippen molar-refractivity contribution >= 4 is 29.1 Å². The van der Waals surface area contributed by atoms with Gasteiger partial charge in [-0.2, -0.15) is 0 Å². The molecule has 1 atom stereocenters. The first kappa shape index (κ1) is 21.8. The molecular weight excluding hydrogens is 364 g/mol. The summed E-state index contributed by atoms with van der Waals surface area (Å²) in [5, 5.41) is 19.8. The molecule has 0 bridgehead atoms. The molecule has 0 radical (unpaired) electrons. The fourth-order valence-corrected chi connectivity index (χ4v) is 2.73. The second-order valence-corrected chi connectivity index (χ2v) is 5.73. The van der Waals surface area contributed by atoms with Crippen LogP contribution in [-0.2, 0) is 9.59 Å². The fourth-order valence-electron chi connectivity index (χ4n) is 2.56. The van der Waals surface area contributed by atoms with E-state index in [1.807, 2.05) is 0 Å². The second-order valence-electron chi connectivity index (χ2n) is 5.32. The van der Waals surface area contributed by atoms with Crippen molar-refractivity contribution in [2.75, 3.05) is 19.7 Å². The minimum Gasteiger partial charge on any atom is -0.550 e. The van der Waals surface area contributed by atoms with Crippen LogP contribution in [0.5, 0.6) is 0 Å². The van der Waals surface area contributed by atoms with E-state index in [1.165, 1.54) is 11.0 Å². The number of aliphatic carboxylic acids is 1.